The van der Waals surface area contributed by atoms with Crippen molar-refractivity contribution in [2.75, 3.05) is 0 Å². The third-order valence-electron chi connectivity index (χ3n) is 4.06. The average Bonchev–Trinajstić information content (AvgIpc) is 2.54. The summed E-state index contributed by atoms with van der Waals surface area (Å²) in [6.07, 6.45) is 0. The fourth-order valence-corrected chi connectivity index (χ4v) is 5.05. The molecule has 22 heavy (non-hydrogen) atoms. The Hall–Kier alpha value is -2.11. The van der Waals surface area contributed by atoms with E-state index in [1.54, 1.807) is 0 Å². The van der Waals surface area contributed by atoms with Crippen LogP contribution in [-0.4, -0.2) is 0 Å². The highest BCUT2D eigenvalue weighted by Gasteiger charge is 2.28. The van der Waals surface area contributed by atoms with Crippen molar-refractivity contribution in [2.45, 2.75) is 13.8 Å². The van der Waals surface area contributed by atoms with Gasteiger partial charge in [0.15, 0.2) is 8.15 Å². The summed E-state index contributed by atoms with van der Waals surface area (Å²) < 4.78 is 6.43. The van der Waals surface area contributed by atoms with Crippen molar-refractivity contribution in [3.8, 4) is 16.9 Å². The summed E-state index contributed by atoms with van der Waals surface area (Å²) in [5, 5.41) is 2.62. The predicted octanol–water partition coefficient (Wildman–Crippen LogP) is 4.71. The maximum atomic E-state index is 6.43. The molecule has 1 heterocycles. The molecule has 0 spiro atoms. The molecule has 3 aromatic rings. The predicted molar refractivity (Wildman–Crippen MR) is 94.6 cm³/mol. The van der Waals surface area contributed by atoms with Gasteiger partial charge in [-0.15, -0.1) is 0 Å². The summed E-state index contributed by atoms with van der Waals surface area (Å²) >= 11 is 0. The topological polar surface area (TPSA) is 9.23 Å². The maximum Gasteiger partial charge on any atom is 0.151 e. The van der Waals surface area contributed by atoms with Crippen LogP contribution >= 0.6 is 8.15 Å². The van der Waals surface area contributed by atoms with E-state index in [2.05, 4.69) is 74.5 Å². The zero-order valence-electron chi connectivity index (χ0n) is 12.7. The number of rotatable bonds is 1. The average molecular weight is 304 g/mol. The Bertz CT molecular complexity index is 854. The highest BCUT2D eigenvalue weighted by atomic mass is 31.1. The molecular formula is C20H17OP. The molecule has 2 heteroatoms. The fraction of sp³-hybridized carbons (Fsp3) is 0.100. The lowest BCUT2D eigenvalue weighted by molar-refractivity contribution is 0.629. The van der Waals surface area contributed by atoms with Crippen LogP contribution in [0.2, 0.25) is 0 Å². The highest BCUT2D eigenvalue weighted by Crippen LogP contribution is 2.48. The Labute approximate surface area is 132 Å². The molecule has 1 nitrogen and oxygen atoms in total. The van der Waals surface area contributed by atoms with Crippen LogP contribution in [-0.2, 0) is 0 Å². The van der Waals surface area contributed by atoms with E-state index in [0.717, 1.165) is 5.75 Å². The Balaban J connectivity index is 1.93. The van der Waals surface area contributed by atoms with Gasteiger partial charge in [0.25, 0.3) is 0 Å². The standard InChI is InChI=1S/C20H17OP/c1-14-11-12-19(15(2)13-14)22-20-10-6-4-8-17(20)16-7-3-5-9-18(16)21-22/h3-13H,1-2H3. The van der Waals surface area contributed by atoms with Crippen LogP contribution in [0.5, 0.6) is 5.75 Å². The minimum Gasteiger partial charge on any atom is -0.464 e. The number of benzene rings is 3. The molecule has 0 radical (unpaired) electrons. The van der Waals surface area contributed by atoms with Crippen molar-refractivity contribution >= 4 is 18.8 Å². The smallest absolute Gasteiger partial charge is 0.151 e. The zero-order chi connectivity index (χ0) is 15.1. The second-order valence-electron chi connectivity index (χ2n) is 5.69. The van der Waals surface area contributed by atoms with Crippen molar-refractivity contribution < 1.29 is 4.52 Å². The SMILES string of the molecule is Cc1ccc(P2Oc3ccccc3-c3ccccc32)c(C)c1. The third kappa shape index (κ3) is 2.14. The van der Waals surface area contributed by atoms with Gasteiger partial charge in [0.1, 0.15) is 5.75 Å². The molecule has 0 amide bonds. The molecule has 0 saturated heterocycles. The van der Waals surface area contributed by atoms with E-state index in [1.165, 1.54) is 32.9 Å². The summed E-state index contributed by atoms with van der Waals surface area (Å²) in [4.78, 5) is 0. The van der Waals surface area contributed by atoms with Crippen molar-refractivity contribution in [3.05, 3.63) is 77.9 Å². The van der Waals surface area contributed by atoms with E-state index < -0.39 is 8.15 Å². The summed E-state index contributed by atoms with van der Waals surface area (Å²) in [5.74, 6) is 0.993. The van der Waals surface area contributed by atoms with E-state index in [-0.39, 0.29) is 0 Å². The van der Waals surface area contributed by atoms with Crippen LogP contribution in [0.4, 0.5) is 0 Å². The normalized spacial score (nSPS) is 15.6. The number of aryl methyl sites for hydroxylation is 2. The number of hydrogen-bond acceptors (Lipinski definition) is 1. The van der Waals surface area contributed by atoms with Crippen LogP contribution in [0.15, 0.2) is 66.7 Å². The lowest BCUT2D eigenvalue weighted by Crippen LogP contribution is -2.22. The van der Waals surface area contributed by atoms with Crippen molar-refractivity contribution in [2.24, 2.45) is 0 Å². The zero-order valence-corrected chi connectivity index (χ0v) is 13.6. The Kier molecular flexibility index (Phi) is 3.24. The molecule has 0 aliphatic carbocycles. The van der Waals surface area contributed by atoms with Crippen LogP contribution in [0.1, 0.15) is 11.1 Å². The van der Waals surface area contributed by atoms with Crippen molar-refractivity contribution in [1.82, 2.24) is 0 Å². The Morgan fingerprint density at radius 2 is 1.45 bits per heavy atom. The third-order valence-corrected chi connectivity index (χ3v) is 6.21. The van der Waals surface area contributed by atoms with Gasteiger partial charge in [-0.25, -0.2) is 0 Å². The quantitative estimate of drug-likeness (QED) is 0.592. The number of fused-ring (bicyclic) bond motifs is 3. The highest BCUT2D eigenvalue weighted by molar-refractivity contribution is 7.69. The molecule has 4 rings (SSSR count). The second kappa shape index (κ2) is 5.26. The van der Waals surface area contributed by atoms with Crippen LogP contribution in [0, 0.1) is 13.8 Å². The fourth-order valence-electron chi connectivity index (χ4n) is 3.01. The molecular weight excluding hydrogens is 287 g/mol. The first-order valence-corrected chi connectivity index (χ1v) is 8.74. The van der Waals surface area contributed by atoms with E-state index in [4.69, 9.17) is 4.52 Å². The molecule has 0 N–H and O–H groups in total. The first-order valence-electron chi connectivity index (χ1n) is 7.48. The van der Waals surface area contributed by atoms with Crippen molar-refractivity contribution in [1.29, 1.82) is 0 Å². The minimum atomic E-state index is -0.803. The van der Waals surface area contributed by atoms with Crippen LogP contribution in [0.25, 0.3) is 11.1 Å². The Morgan fingerprint density at radius 3 is 2.27 bits per heavy atom. The van der Waals surface area contributed by atoms with Gasteiger partial charge >= 0.3 is 0 Å². The van der Waals surface area contributed by atoms with E-state index >= 15 is 0 Å². The van der Waals surface area contributed by atoms with E-state index in [9.17, 15) is 0 Å². The van der Waals surface area contributed by atoms with E-state index in [0.29, 0.717) is 0 Å². The summed E-state index contributed by atoms with van der Waals surface area (Å²) in [6, 6.07) is 23.6. The van der Waals surface area contributed by atoms with Crippen molar-refractivity contribution in [3.63, 3.8) is 0 Å². The molecule has 1 aliphatic heterocycles. The number of hydrogen-bond donors (Lipinski definition) is 0. The van der Waals surface area contributed by atoms with Crippen LogP contribution in [0.3, 0.4) is 0 Å². The molecule has 108 valence electrons. The molecule has 1 atom stereocenters. The lowest BCUT2D eigenvalue weighted by atomic mass is 10.0. The van der Waals surface area contributed by atoms with Gasteiger partial charge in [-0.2, -0.15) is 0 Å². The monoisotopic (exact) mass is 304 g/mol. The molecule has 0 bridgehead atoms. The molecule has 0 aromatic heterocycles. The maximum absolute atomic E-state index is 6.43. The van der Waals surface area contributed by atoms with Gasteiger partial charge in [0.05, 0.1) is 0 Å². The molecule has 1 unspecified atom stereocenters. The minimum absolute atomic E-state index is 0.803. The number of para-hydroxylation sites is 1. The van der Waals surface area contributed by atoms with Gasteiger partial charge in [-0.05, 0) is 31.0 Å². The van der Waals surface area contributed by atoms with Gasteiger partial charge < -0.3 is 4.52 Å². The second-order valence-corrected chi connectivity index (χ2v) is 7.42. The summed E-state index contributed by atoms with van der Waals surface area (Å²) in [5.41, 5.74) is 5.10. The first-order chi connectivity index (χ1) is 10.7. The van der Waals surface area contributed by atoms with E-state index in [1.807, 2.05) is 6.07 Å². The van der Waals surface area contributed by atoms with Crippen LogP contribution < -0.4 is 15.1 Å². The molecule has 3 aromatic carbocycles. The summed E-state index contributed by atoms with van der Waals surface area (Å²) in [7, 11) is -0.803. The molecule has 0 saturated carbocycles. The Morgan fingerprint density at radius 1 is 0.727 bits per heavy atom. The van der Waals surface area contributed by atoms with Gasteiger partial charge in [-0.3, -0.25) is 0 Å². The largest absolute Gasteiger partial charge is 0.464 e. The molecule has 1 aliphatic rings. The molecule has 0 fully saturated rings. The lowest BCUT2D eigenvalue weighted by Gasteiger charge is -2.29. The first kappa shape index (κ1) is 13.5. The van der Waals surface area contributed by atoms with Gasteiger partial charge in [0, 0.05) is 16.2 Å². The summed E-state index contributed by atoms with van der Waals surface area (Å²) in [6.45, 7) is 4.31. The van der Waals surface area contributed by atoms with Gasteiger partial charge in [-0.1, -0.05) is 66.2 Å². The van der Waals surface area contributed by atoms with Gasteiger partial charge in [0.2, 0.25) is 0 Å².